The summed E-state index contributed by atoms with van der Waals surface area (Å²) in [6.07, 6.45) is 1.63. The lowest BCUT2D eigenvalue weighted by Gasteiger charge is -2.37. The van der Waals surface area contributed by atoms with Crippen LogP contribution in [-0.2, 0) is 4.74 Å². The molecule has 1 atom stereocenters. The van der Waals surface area contributed by atoms with Crippen molar-refractivity contribution in [2.45, 2.75) is 32.6 Å². The van der Waals surface area contributed by atoms with Gasteiger partial charge in [-0.05, 0) is 45.0 Å². The fourth-order valence-corrected chi connectivity index (χ4v) is 5.54. The number of nitrogens with one attached hydrogen (secondary N) is 1. The normalized spacial score (nSPS) is 14.6. The van der Waals surface area contributed by atoms with Crippen molar-refractivity contribution in [1.29, 1.82) is 5.26 Å². The summed E-state index contributed by atoms with van der Waals surface area (Å²) >= 11 is 12.7. The van der Waals surface area contributed by atoms with E-state index in [4.69, 9.17) is 41.8 Å². The number of rotatable bonds is 7. The van der Waals surface area contributed by atoms with Crippen LogP contribution in [0.2, 0.25) is 10.0 Å². The van der Waals surface area contributed by atoms with Gasteiger partial charge in [0.15, 0.2) is 6.23 Å². The van der Waals surface area contributed by atoms with Crippen molar-refractivity contribution in [2.75, 3.05) is 45.7 Å². The summed E-state index contributed by atoms with van der Waals surface area (Å²) in [5, 5.41) is 25.5. The van der Waals surface area contributed by atoms with Crippen molar-refractivity contribution in [1.82, 2.24) is 14.8 Å². The third-order valence-electron chi connectivity index (χ3n) is 7.31. The predicted molar refractivity (Wildman–Crippen MR) is 171 cm³/mol. The smallest absolute Gasteiger partial charge is 0.410 e. The molecule has 2 aromatic carbocycles. The maximum Gasteiger partial charge on any atom is 0.410 e. The van der Waals surface area contributed by atoms with Crippen LogP contribution >= 0.6 is 23.2 Å². The van der Waals surface area contributed by atoms with E-state index >= 15 is 0 Å². The number of furan rings is 1. The number of nitrogens with zero attached hydrogens (tertiary/aromatic N) is 4. The van der Waals surface area contributed by atoms with Crippen LogP contribution < -0.4 is 14.8 Å². The average Bonchev–Trinajstić information content (AvgIpc) is 3.51. The maximum atomic E-state index is 12.4. The van der Waals surface area contributed by atoms with Crippen molar-refractivity contribution in [3.05, 3.63) is 64.2 Å². The van der Waals surface area contributed by atoms with E-state index in [2.05, 4.69) is 16.4 Å². The fourth-order valence-electron chi connectivity index (χ4n) is 5.03. The van der Waals surface area contributed by atoms with Gasteiger partial charge in [-0.3, -0.25) is 9.88 Å². The van der Waals surface area contributed by atoms with E-state index < -0.39 is 11.8 Å². The van der Waals surface area contributed by atoms with Gasteiger partial charge in [-0.15, -0.1) is 0 Å². The van der Waals surface area contributed by atoms with Gasteiger partial charge in [-0.1, -0.05) is 23.2 Å². The molecule has 4 aromatic rings. The number of nitriles is 1. The Labute approximate surface area is 270 Å². The van der Waals surface area contributed by atoms with Gasteiger partial charge < -0.3 is 34.0 Å². The van der Waals surface area contributed by atoms with Crippen LogP contribution in [-0.4, -0.2) is 72.0 Å². The van der Waals surface area contributed by atoms with E-state index in [1.54, 1.807) is 42.5 Å². The van der Waals surface area contributed by atoms with Gasteiger partial charge >= 0.3 is 6.09 Å². The first-order valence-electron chi connectivity index (χ1n) is 14.1. The number of hydrogen-bond donors (Lipinski definition) is 2. The second-order valence-corrected chi connectivity index (χ2v) is 12.2. The third kappa shape index (κ3) is 6.89. The van der Waals surface area contributed by atoms with E-state index in [0.29, 0.717) is 92.5 Å². The highest BCUT2D eigenvalue weighted by Gasteiger charge is 2.30. The Balaban J connectivity index is 1.41. The zero-order chi connectivity index (χ0) is 32.5. The number of methoxy groups -OCH3 is 2. The summed E-state index contributed by atoms with van der Waals surface area (Å²) in [4.78, 5) is 20.4. The second-order valence-electron chi connectivity index (χ2n) is 11.4. The molecule has 0 radical (unpaired) electrons. The number of aliphatic hydroxyl groups is 1. The van der Waals surface area contributed by atoms with Crippen LogP contribution in [0.1, 0.15) is 38.3 Å². The molecule has 0 bridgehead atoms. The van der Waals surface area contributed by atoms with Crippen LogP contribution in [0.15, 0.2) is 47.2 Å². The van der Waals surface area contributed by atoms with Crippen LogP contribution in [0.5, 0.6) is 11.5 Å². The highest BCUT2D eigenvalue weighted by Crippen LogP contribution is 2.41. The maximum absolute atomic E-state index is 12.4. The van der Waals surface area contributed by atoms with Crippen LogP contribution in [0, 0.1) is 11.3 Å². The topological polar surface area (TPSA) is 133 Å². The average molecular weight is 655 g/mol. The molecule has 1 fully saturated rings. The number of pyridine rings is 1. The van der Waals surface area contributed by atoms with E-state index in [1.807, 2.05) is 31.7 Å². The fraction of sp³-hybridized carbons (Fsp3) is 0.344. The molecule has 1 saturated heterocycles. The molecule has 236 valence electrons. The highest BCUT2D eigenvalue weighted by molar-refractivity contribution is 6.37. The number of halogens is 2. The van der Waals surface area contributed by atoms with E-state index in [1.165, 1.54) is 13.3 Å². The quantitative estimate of drug-likeness (QED) is 0.215. The minimum absolute atomic E-state index is 0.294. The first kappa shape index (κ1) is 32.2. The number of carbonyl (C=O) groups excluding carboxylic acids is 1. The van der Waals surface area contributed by atoms with Gasteiger partial charge in [0.25, 0.3) is 0 Å². The predicted octanol–water partition coefficient (Wildman–Crippen LogP) is 6.98. The zero-order valence-electron chi connectivity index (χ0n) is 25.5. The Kier molecular flexibility index (Phi) is 9.32. The summed E-state index contributed by atoms with van der Waals surface area (Å²) < 4.78 is 22.4. The molecule has 1 unspecified atom stereocenters. The Bertz CT molecular complexity index is 1770. The number of piperazine rings is 1. The van der Waals surface area contributed by atoms with Crippen molar-refractivity contribution in [3.8, 4) is 28.7 Å². The van der Waals surface area contributed by atoms with Gasteiger partial charge in [-0.25, -0.2) is 4.79 Å². The molecule has 1 aliphatic rings. The lowest BCUT2D eigenvalue weighted by molar-refractivity contribution is -0.0450. The monoisotopic (exact) mass is 653 g/mol. The molecule has 0 saturated carbocycles. The molecule has 3 heterocycles. The number of hydrogen-bond acceptors (Lipinski definition) is 10. The highest BCUT2D eigenvalue weighted by atomic mass is 35.5. The zero-order valence-corrected chi connectivity index (χ0v) is 27.0. The number of aromatic nitrogens is 1. The summed E-state index contributed by atoms with van der Waals surface area (Å²) in [6.45, 7) is 7.20. The van der Waals surface area contributed by atoms with Gasteiger partial charge in [0, 0.05) is 55.0 Å². The SMILES string of the molecule is COc1cc(Nc2c(C#N)cnc3cc(-c4coc(C(O)N5CCN(C(=O)OC(C)(C)C)CC5)c4)c(OC)cc23)c(Cl)cc1Cl. The third-order valence-corrected chi connectivity index (χ3v) is 7.92. The van der Waals surface area contributed by atoms with E-state index in [9.17, 15) is 15.2 Å². The number of carbonyl (C=O) groups is 1. The first-order valence-corrected chi connectivity index (χ1v) is 14.9. The largest absolute Gasteiger partial charge is 0.496 e. The molecule has 1 amide bonds. The van der Waals surface area contributed by atoms with Gasteiger partial charge in [-0.2, -0.15) is 5.26 Å². The summed E-state index contributed by atoms with van der Waals surface area (Å²) in [6, 6.07) is 10.7. The Hall–Kier alpha value is -4.21. The molecule has 11 nitrogen and oxygen atoms in total. The van der Waals surface area contributed by atoms with E-state index in [0.717, 1.165) is 0 Å². The molecule has 1 aliphatic heterocycles. The Morgan fingerprint density at radius 2 is 1.78 bits per heavy atom. The minimum atomic E-state index is -1.01. The molecule has 45 heavy (non-hydrogen) atoms. The number of amides is 1. The second kappa shape index (κ2) is 13.0. The van der Waals surface area contributed by atoms with Crippen molar-refractivity contribution >= 4 is 51.6 Å². The standard InChI is InChI=1S/C32H33Cl2N5O6/c1-32(2,3)45-31(41)39-8-6-38(7-9-39)30(40)28-10-18(17-44-28)20-11-24-21(12-26(20)42-4)29(19(15-35)16-36-24)37-25-14-27(43-5)23(34)13-22(25)33/h10-14,16-17,30,40H,6-9H2,1-5H3,(H,36,37). The number of aliphatic hydroxyl groups excluding tert-OH is 1. The van der Waals surface area contributed by atoms with Crippen molar-refractivity contribution in [3.63, 3.8) is 0 Å². The molecule has 2 N–H and O–H groups in total. The van der Waals surface area contributed by atoms with Gasteiger partial charge in [0.05, 0.1) is 53.0 Å². The molecule has 5 rings (SSSR count). The van der Waals surface area contributed by atoms with Crippen molar-refractivity contribution in [2.24, 2.45) is 0 Å². The molecule has 13 heteroatoms. The minimum Gasteiger partial charge on any atom is -0.496 e. The van der Waals surface area contributed by atoms with Crippen LogP contribution in [0.3, 0.4) is 0 Å². The Morgan fingerprint density at radius 3 is 2.42 bits per heavy atom. The van der Waals surface area contributed by atoms with Gasteiger partial charge in [0.2, 0.25) is 0 Å². The first-order chi connectivity index (χ1) is 21.4. The molecular weight excluding hydrogens is 621 g/mol. The lowest BCUT2D eigenvalue weighted by atomic mass is 10.0. The number of fused-ring (bicyclic) bond motifs is 1. The van der Waals surface area contributed by atoms with Crippen LogP contribution in [0.25, 0.3) is 22.0 Å². The van der Waals surface area contributed by atoms with Gasteiger partial charge in [0.1, 0.15) is 28.9 Å². The number of anilines is 2. The molecule has 2 aromatic heterocycles. The number of ether oxygens (including phenoxy) is 3. The molecule has 0 spiro atoms. The Morgan fingerprint density at radius 1 is 1.07 bits per heavy atom. The lowest BCUT2D eigenvalue weighted by Crippen LogP contribution is -2.50. The number of benzene rings is 2. The van der Waals surface area contributed by atoms with E-state index in [-0.39, 0.29) is 6.09 Å². The van der Waals surface area contributed by atoms with Crippen molar-refractivity contribution < 1.29 is 28.5 Å². The van der Waals surface area contributed by atoms with Crippen LogP contribution in [0.4, 0.5) is 16.2 Å². The molecule has 0 aliphatic carbocycles. The summed E-state index contributed by atoms with van der Waals surface area (Å²) in [5.41, 5.74) is 2.61. The summed E-state index contributed by atoms with van der Waals surface area (Å²) in [7, 11) is 3.04. The summed E-state index contributed by atoms with van der Waals surface area (Å²) in [5.74, 6) is 1.26. The molecular formula is C32H33Cl2N5O6.